The molecular weight excluding hydrogens is 84.0 g/mol. The summed E-state index contributed by atoms with van der Waals surface area (Å²) in [6.07, 6.45) is 0. The highest BCUT2D eigenvalue weighted by atomic mass is 16.8. The zero-order chi connectivity index (χ0) is 4.83. The van der Waals surface area contributed by atoms with E-state index >= 15 is 0 Å². The van der Waals surface area contributed by atoms with E-state index in [1.807, 2.05) is 0 Å². The fraction of sp³-hybridized carbons (Fsp3) is 0. The highest BCUT2D eigenvalue weighted by Crippen LogP contribution is 1.67. The molecule has 0 aromatic heterocycles. The van der Waals surface area contributed by atoms with Crippen LogP contribution in [-0.2, 0) is 4.94 Å². The van der Waals surface area contributed by atoms with E-state index in [1.54, 1.807) is 0 Å². The van der Waals surface area contributed by atoms with E-state index in [-0.39, 0.29) is 0 Å². The van der Waals surface area contributed by atoms with Crippen molar-refractivity contribution in [2.75, 3.05) is 0 Å². The molecule has 0 saturated heterocycles. The van der Waals surface area contributed by atoms with Gasteiger partial charge < -0.3 is 0 Å². The van der Waals surface area contributed by atoms with Crippen molar-refractivity contribution in [2.45, 2.75) is 0 Å². The molecule has 0 atom stereocenters. The molecule has 0 rings (SSSR count). The average Bonchev–Trinajstić information content (AvgIpc) is 1.61. The van der Waals surface area contributed by atoms with Crippen LogP contribution in [0.15, 0.2) is 15.6 Å². The summed E-state index contributed by atoms with van der Waals surface area (Å²) in [4.78, 5) is 3.61. The van der Waals surface area contributed by atoms with Gasteiger partial charge in [0.1, 0.15) is 0 Å². The van der Waals surface area contributed by atoms with E-state index in [0.29, 0.717) is 0 Å². The first-order valence-corrected chi connectivity index (χ1v) is 1.13. The van der Waals surface area contributed by atoms with Gasteiger partial charge in [-0.05, 0) is 5.22 Å². The molecule has 0 bridgehead atoms. The summed E-state index contributed by atoms with van der Waals surface area (Å²) in [5.41, 5.74) is 0. The van der Waals surface area contributed by atoms with Gasteiger partial charge in [-0.3, -0.25) is 4.94 Å². The van der Waals surface area contributed by atoms with Gasteiger partial charge in [0.2, 0.25) is 0 Å². The third-order valence-electron chi connectivity index (χ3n) is 0.147. The van der Waals surface area contributed by atoms with Crippen LogP contribution >= 0.6 is 0 Å². The first kappa shape index (κ1) is 5.03. The third kappa shape index (κ3) is 3.03. The van der Waals surface area contributed by atoms with Gasteiger partial charge in [-0.25, -0.2) is 0 Å². The molecule has 0 aliphatic heterocycles. The average molecular weight is 88.1 g/mol. The van der Waals surface area contributed by atoms with Crippen molar-refractivity contribution in [3.05, 3.63) is 0 Å². The first-order chi connectivity index (χ1) is 2.91. The van der Waals surface area contributed by atoms with E-state index in [1.165, 1.54) is 0 Å². The lowest BCUT2D eigenvalue weighted by Gasteiger charge is -1.72. The van der Waals surface area contributed by atoms with Crippen molar-refractivity contribution in [3.8, 4) is 0 Å². The Kier molecular flexibility index (Phi) is 3.38. The Hall–Kier alpha value is -0.970. The van der Waals surface area contributed by atoms with Crippen LogP contribution in [0.1, 0.15) is 0 Å². The Morgan fingerprint density at radius 1 is 1.67 bits per heavy atom. The minimum absolute atomic E-state index is 2.76. The molecule has 0 amide bonds. The Balaban J connectivity index is 2.94. The van der Waals surface area contributed by atoms with Crippen molar-refractivity contribution in [2.24, 2.45) is 21.5 Å². The lowest BCUT2D eigenvalue weighted by Crippen LogP contribution is -1.85. The van der Waals surface area contributed by atoms with Crippen LogP contribution in [0.5, 0.6) is 0 Å². The van der Waals surface area contributed by atoms with E-state index in [0.717, 1.165) is 0 Å². The predicted octanol–water partition coefficient (Wildman–Crippen LogP) is -0.140. The maximum Gasteiger partial charge on any atom is 0.0694 e. The lowest BCUT2D eigenvalue weighted by molar-refractivity contribution is 0.125. The summed E-state index contributed by atoms with van der Waals surface area (Å²) in [5, 5.41) is 8.57. The molecule has 0 spiro atoms. The second kappa shape index (κ2) is 4.03. The van der Waals surface area contributed by atoms with E-state index in [9.17, 15) is 0 Å². The number of nitrogens with two attached hydrogens (primary N) is 1. The summed E-state index contributed by atoms with van der Waals surface area (Å²) in [5.74, 6) is 4.37. The molecule has 6 heavy (non-hydrogen) atoms. The molecule has 5 nitrogen and oxygen atoms in total. The van der Waals surface area contributed by atoms with Gasteiger partial charge in [-0.1, -0.05) is 0 Å². The number of rotatable bonds is 2. The van der Waals surface area contributed by atoms with Crippen molar-refractivity contribution < 1.29 is 4.94 Å². The summed E-state index contributed by atoms with van der Waals surface area (Å²) >= 11 is 0. The highest BCUT2D eigenvalue weighted by molar-refractivity contribution is 5.22. The molecule has 0 aliphatic rings. The molecule has 0 aromatic carbocycles. The molecule has 2 N–H and O–H groups in total. The third-order valence-corrected chi connectivity index (χ3v) is 0.147. The minimum Gasteiger partial charge on any atom is -0.281 e. The van der Waals surface area contributed by atoms with E-state index in [4.69, 9.17) is 0 Å². The van der Waals surface area contributed by atoms with Gasteiger partial charge in [-0.15, -0.1) is 11.0 Å². The summed E-state index contributed by atoms with van der Waals surface area (Å²) in [6, 6.07) is 0. The first-order valence-electron chi connectivity index (χ1n) is 1.13. The predicted molar refractivity (Wildman–Crippen MR) is 19.7 cm³/mol. The van der Waals surface area contributed by atoms with Gasteiger partial charge in [0.15, 0.2) is 0 Å². The van der Waals surface area contributed by atoms with Crippen molar-refractivity contribution in [1.29, 1.82) is 0 Å². The van der Waals surface area contributed by atoms with Gasteiger partial charge >= 0.3 is 0 Å². The summed E-state index contributed by atoms with van der Waals surface area (Å²) < 4.78 is 0. The molecule has 0 aromatic rings. The van der Waals surface area contributed by atoms with Crippen molar-refractivity contribution in [1.82, 2.24) is 0 Å². The Bertz CT molecular complexity index is 58.6. The largest absolute Gasteiger partial charge is 0.281 e. The normalized spacial score (nSPS) is 8.83. The maximum atomic E-state index is 4.37. The van der Waals surface area contributed by atoms with E-state index < -0.39 is 0 Å². The fourth-order valence-corrected chi connectivity index (χ4v) is 0.0469. The van der Waals surface area contributed by atoms with Crippen LogP contribution in [0.4, 0.5) is 0 Å². The number of hydrogen-bond donors (Lipinski definition) is 1. The number of hydrogen-bond acceptors (Lipinski definition) is 4. The Morgan fingerprint density at radius 2 is 2.33 bits per heavy atom. The Labute approximate surface area is 34.4 Å². The molecule has 0 fully saturated rings. The molecule has 0 radical (unpaired) electrons. The number of nitrogens with zero attached hydrogens (tertiary/aromatic N) is 3. The quantitative estimate of drug-likeness (QED) is 0.290. The van der Waals surface area contributed by atoms with Gasteiger partial charge in [0, 0.05) is 6.72 Å². The highest BCUT2D eigenvalue weighted by Gasteiger charge is 1.53. The summed E-state index contributed by atoms with van der Waals surface area (Å²) in [6.45, 7) is 2.95. The standard InChI is InChI=1S/CH4N4O/c1-3-4-5-6-2/h1-2H2. The van der Waals surface area contributed by atoms with Crippen LogP contribution in [-0.4, -0.2) is 6.72 Å². The maximum absolute atomic E-state index is 4.37. The second-order valence-corrected chi connectivity index (χ2v) is 0.418. The van der Waals surface area contributed by atoms with Gasteiger partial charge in [0.05, 0.1) is 5.28 Å². The minimum atomic E-state index is 2.76. The Morgan fingerprint density at radius 3 is 2.50 bits per heavy atom. The van der Waals surface area contributed by atoms with Crippen LogP contribution in [0.25, 0.3) is 0 Å². The summed E-state index contributed by atoms with van der Waals surface area (Å²) in [7, 11) is 0. The van der Waals surface area contributed by atoms with Crippen molar-refractivity contribution >= 4 is 6.72 Å². The second-order valence-electron chi connectivity index (χ2n) is 0.418. The van der Waals surface area contributed by atoms with Crippen molar-refractivity contribution in [3.63, 3.8) is 0 Å². The molecule has 0 saturated carbocycles. The lowest BCUT2D eigenvalue weighted by atomic mass is 11.7. The fourth-order valence-electron chi connectivity index (χ4n) is 0.0469. The van der Waals surface area contributed by atoms with Crippen LogP contribution < -0.4 is 5.90 Å². The molecule has 0 heterocycles. The van der Waals surface area contributed by atoms with Crippen LogP contribution in [0.2, 0.25) is 0 Å². The van der Waals surface area contributed by atoms with E-state index in [2.05, 4.69) is 33.2 Å². The molecular formula is CH4N4O. The van der Waals surface area contributed by atoms with Gasteiger partial charge in [0.25, 0.3) is 0 Å². The molecule has 0 unspecified atom stereocenters. The SMILES string of the molecule is C=NN=NON. The molecule has 5 heteroatoms. The van der Waals surface area contributed by atoms with Gasteiger partial charge in [-0.2, -0.15) is 0 Å². The molecule has 0 aliphatic carbocycles. The monoisotopic (exact) mass is 88.0 g/mol. The zero-order valence-electron chi connectivity index (χ0n) is 3.03. The zero-order valence-corrected chi connectivity index (χ0v) is 3.03. The smallest absolute Gasteiger partial charge is 0.0694 e. The topological polar surface area (TPSA) is 72.3 Å². The van der Waals surface area contributed by atoms with Crippen LogP contribution in [0, 0.1) is 0 Å². The van der Waals surface area contributed by atoms with Crippen LogP contribution in [0.3, 0.4) is 0 Å². The molecule has 34 valence electrons.